The van der Waals surface area contributed by atoms with E-state index in [1.165, 1.54) is 0 Å². The van der Waals surface area contributed by atoms with Crippen LogP contribution >= 0.6 is 0 Å². The number of aliphatic hydroxyl groups is 2. The zero-order valence-corrected chi connectivity index (χ0v) is 7.53. The van der Waals surface area contributed by atoms with Crippen LogP contribution in [0.3, 0.4) is 0 Å². The molecule has 0 fully saturated rings. The van der Waals surface area contributed by atoms with Crippen LogP contribution in [0.25, 0.3) is 0 Å². The van der Waals surface area contributed by atoms with Gasteiger partial charge in [0.1, 0.15) is 0 Å². The van der Waals surface area contributed by atoms with Gasteiger partial charge in [-0.25, -0.2) is 17.6 Å². The van der Waals surface area contributed by atoms with E-state index in [9.17, 15) is 17.6 Å². The molecule has 1 rings (SSSR count). The average molecular weight is 224 g/mol. The Morgan fingerprint density at radius 3 is 1.47 bits per heavy atom. The normalized spacial score (nSPS) is 10.8. The fourth-order valence-corrected chi connectivity index (χ4v) is 1.19. The Labute approximate surface area is 82.8 Å². The Morgan fingerprint density at radius 2 is 1.13 bits per heavy atom. The van der Waals surface area contributed by atoms with Gasteiger partial charge < -0.3 is 10.2 Å². The monoisotopic (exact) mass is 224 g/mol. The third-order valence-electron chi connectivity index (χ3n) is 1.97. The Hall–Kier alpha value is -1.14. The maximum absolute atomic E-state index is 13.1. The van der Waals surface area contributed by atoms with E-state index in [1.54, 1.807) is 0 Å². The Kier molecular flexibility index (Phi) is 3.65. The number of benzene rings is 1. The first-order valence-corrected chi connectivity index (χ1v) is 4.10. The highest BCUT2D eigenvalue weighted by atomic mass is 19.2. The highest BCUT2D eigenvalue weighted by molar-refractivity contribution is 5.29. The first kappa shape index (κ1) is 11.9. The summed E-state index contributed by atoms with van der Waals surface area (Å²) in [7, 11) is 0. The summed E-state index contributed by atoms with van der Waals surface area (Å²) in [4.78, 5) is 0. The predicted octanol–water partition coefficient (Wildman–Crippen LogP) is 1.27. The van der Waals surface area contributed by atoms with E-state index in [0.717, 1.165) is 0 Å². The topological polar surface area (TPSA) is 40.5 Å². The highest BCUT2D eigenvalue weighted by Crippen LogP contribution is 2.24. The lowest BCUT2D eigenvalue weighted by atomic mass is 10.1. The molecule has 2 nitrogen and oxygen atoms in total. The molecule has 0 amide bonds. The van der Waals surface area contributed by atoms with Crippen molar-refractivity contribution >= 4 is 0 Å². The van der Waals surface area contributed by atoms with Crippen molar-refractivity contribution in [3.05, 3.63) is 34.4 Å². The summed E-state index contributed by atoms with van der Waals surface area (Å²) >= 11 is 0. The molecule has 15 heavy (non-hydrogen) atoms. The van der Waals surface area contributed by atoms with Gasteiger partial charge in [0.05, 0.1) is 12.2 Å². The maximum atomic E-state index is 13.1. The van der Waals surface area contributed by atoms with Crippen LogP contribution in [0, 0.1) is 23.3 Å². The van der Waals surface area contributed by atoms with Crippen LogP contribution in [0.15, 0.2) is 0 Å². The molecule has 0 saturated carbocycles. The molecule has 84 valence electrons. The molecule has 6 heteroatoms. The van der Waals surface area contributed by atoms with Crippen molar-refractivity contribution in [3.8, 4) is 0 Å². The standard InChI is InChI=1S/C9H8F4O2/c10-6-4(1-2-14)7(11)9(13)5(3-15)8(6)12/h14-15H,1-3H2. The van der Waals surface area contributed by atoms with Gasteiger partial charge in [-0.2, -0.15) is 0 Å². The van der Waals surface area contributed by atoms with Gasteiger partial charge >= 0.3 is 0 Å². The third kappa shape index (κ3) is 1.95. The van der Waals surface area contributed by atoms with Gasteiger partial charge in [0.2, 0.25) is 0 Å². The van der Waals surface area contributed by atoms with E-state index >= 15 is 0 Å². The van der Waals surface area contributed by atoms with Crippen LogP contribution in [0.4, 0.5) is 17.6 Å². The van der Waals surface area contributed by atoms with Crippen LogP contribution < -0.4 is 0 Å². The van der Waals surface area contributed by atoms with Crippen molar-refractivity contribution in [2.75, 3.05) is 6.61 Å². The first-order chi connectivity index (χ1) is 7.04. The number of aliphatic hydroxyl groups excluding tert-OH is 2. The van der Waals surface area contributed by atoms with Gasteiger partial charge in [-0.05, 0) is 0 Å². The number of hydrogen-bond donors (Lipinski definition) is 2. The molecule has 0 heterocycles. The second-order valence-electron chi connectivity index (χ2n) is 2.84. The van der Waals surface area contributed by atoms with E-state index in [-0.39, 0.29) is 0 Å². The zero-order chi connectivity index (χ0) is 11.6. The van der Waals surface area contributed by atoms with Gasteiger partial charge in [0.15, 0.2) is 23.3 Å². The average Bonchev–Trinajstić information content (AvgIpc) is 2.23. The predicted molar refractivity (Wildman–Crippen MR) is 43.0 cm³/mol. The quantitative estimate of drug-likeness (QED) is 0.599. The molecular weight excluding hydrogens is 216 g/mol. The fraction of sp³-hybridized carbons (Fsp3) is 0.333. The summed E-state index contributed by atoms with van der Waals surface area (Å²) in [6, 6.07) is 0. The van der Waals surface area contributed by atoms with Crippen LogP contribution in [0.5, 0.6) is 0 Å². The van der Waals surface area contributed by atoms with Crippen molar-refractivity contribution < 1.29 is 27.8 Å². The van der Waals surface area contributed by atoms with Gasteiger partial charge in [0, 0.05) is 18.6 Å². The molecule has 0 saturated heterocycles. The lowest BCUT2D eigenvalue weighted by Crippen LogP contribution is -2.10. The molecule has 1 aromatic carbocycles. The number of rotatable bonds is 3. The summed E-state index contributed by atoms with van der Waals surface area (Å²) < 4.78 is 52.2. The smallest absolute Gasteiger partial charge is 0.167 e. The summed E-state index contributed by atoms with van der Waals surface area (Å²) in [5, 5.41) is 17.0. The van der Waals surface area contributed by atoms with E-state index in [4.69, 9.17) is 10.2 Å². The minimum atomic E-state index is -1.63. The van der Waals surface area contributed by atoms with Crippen molar-refractivity contribution in [2.45, 2.75) is 13.0 Å². The van der Waals surface area contributed by atoms with E-state index < -0.39 is 54.0 Å². The molecule has 0 aliphatic heterocycles. The molecule has 0 bridgehead atoms. The second-order valence-corrected chi connectivity index (χ2v) is 2.84. The maximum Gasteiger partial charge on any atom is 0.167 e. The highest BCUT2D eigenvalue weighted by Gasteiger charge is 2.24. The van der Waals surface area contributed by atoms with E-state index in [2.05, 4.69) is 0 Å². The van der Waals surface area contributed by atoms with Gasteiger partial charge in [0.25, 0.3) is 0 Å². The summed E-state index contributed by atoms with van der Waals surface area (Å²) in [5.74, 6) is -6.40. The molecule has 0 unspecified atom stereocenters. The van der Waals surface area contributed by atoms with Crippen molar-refractivity contribution in [1.29, 1.82) is 0 Å². The number of halogens is 4. The molecular formula is C9H8F4O2. The van der Waals surface area contributed by atoms with E-state index in [0.29, 0.717) is 0 Å². The molecule has 0 spiro atoms. The largest absolute Gasteiger partial charge is 0.396 e. The van der Waals surface area contributed by atoms with Crippen LogP contribution in [-0.2, 0) is 13.0 Å². The van der Waals surface area contributed by atoms with Crippen LogP contribution in [-0.4, -0.2) is 16.8 Å². The Bertz CT molecular complexity index is 350. The lowest BCUT2D eigenvalue weighted by molar-refractivity contribution is 0.260. The second kappa shape index (κ2) is 4.59. The number of hydrogen-bond acceptors (Lipinski definition) is 2. The minimum Gasteiger partial charge on any atom is -0.396 e. The molecule has 0 aromatic heterocycles. The van der Waals surface area contributed by atoms with Gasteiger partial charge in [-0.1, -0.05) is 0 Å². The SMILES string of the molecule is OCCc1c(F)c(F)c(CO)c(F)c1F. The summed E-state index contributed by atoms with van der Waals surface area (Å²) in [6.07, 6.45) is -0.531. The first-order valence-electron chi connectivity index (χ1n) is 4.10. The van der Waals surface area contributed by atoms with Crippen molar-refractivity contribution in [1.82, 2.24) is 0 Å². The van der Waals surface area contributed by atoms with E-state index in [1.807, 2.05) is 0 Å². The lowest BCUT2D eigenvalue weighted by Gasteiger charge is -2.09. The molecule has 0 atom stereocenters. The third-order valence-corrected chi connectivity index (χ3v) is 1.97. The van der Waals surface area contributed by atoms with Gasteiger partial charge in [-0.3, -0.25) is 0 Å². The molecule has 0 radical (unpaired) electrons. The molecule has 1 aromatic rings. The minimum absolute atomic E-state index is 0.531. The molecule has 0 aliphatic rings. The Balaban J connectivity index is 3.44. The Morgan fingerprint density at radius 1 is 0.733 bits per heavy atom. The molecule has 2 N–H and O–H groups in total. The van der Waals surface area contributed by atoms with Gasteiger partial charge in [-0.15, -0.1) is 0 Å². The van der Waals surface area contributed by atoms with Crippen LogP contribution in [0.2, 0.25) is 0 Å². The van der Waals surface area contributed by atoms with Crippen LogP contribution in [0.1, 0.15) is 11.1 Å². The summed E-state index contributed by atoms with van der Waals surface area (Å²) in [5.41, 5.74) is -1.91. The summed E-state index contributed by atoms with van der Waals surface area (Å²) in [6.45, 7) is -1.77. The fourth-order valence-electron chi connectivity index (χ4n) is 1.19. The zero-order valence-electron chi connectivity index (χ0n) is 7.53. The van der Waals surface area contributed by atoms with Crippen molar-refractivity contribution in [2.24, 2.45) is 0 Å². The van der Waals surface area contributed by atoms with Crippen molar-refractivity contribution in [3.63, 3.8) is 0 Å². The molecule has 0 aliphatic carbocycles.